The van der Waals surface area contributed by atoms with Gasteiger partial charge < -0.3 is 9.32 Å². The van der Waals surface area contributed by atoms with Gasteiger partial charge in [0.25, 0.3) is 0 Å². The Labute approximate surface area is 188 Å². The summed E-state index contributed by atoms with van der Waals surface area (Å²) in [6.07, 6.45) is 3.20. The molecule has 0 spiro atoms. The van der Waals surface area contributed by atoms with Gasteiger partial charge in [-0.05, 0) is 41.8 Å². The number of carbonyl (C=O) groups excluding carboxylic acids is 1. The highest BCUT2D eigenvalue weighted by molar-refractivity contribution is 6.30. The van der Waals surface area contributed by atoms with Crippen LogP contribution in [0.3, 0.4) is 0 Å². The van der Waals surface area contributed by atoms with Crippen LogP contribution in [0.1, 0.15) is 17.5 Å². The average molecular weight is 438 g/mol. The predicted molar refractivity (Wildman–Crippen MR) is 123 cm³/mol. The second-order valence-electron chi connectivity index (χ2n) is 8.65. The number of halogens is 1. The van der Waals surface area contributed by atoms with E-state index in [-0.39, 0.29) is 5.91 Å². The third kappa shape index (κ3) is 4.64. The van der Waals surface area contributed by atoms with Gasteiger partial charge in [0.15, 0.2) is 0 Å². The third-order valence-electron chi connectivity index (χ3n) is 6.69. The lowest BCUT2D eigenvalue weighted by Crippen LogP contribution is -2.50. The van der Waals surface area contributed by atoms with Gasteiger partial charge in [0, 0.05) is 62.3 Å². The maximum atomic E-state index is 12.9. The largest absolute Gasteiger partial charge is 0.464 e. The fourth-order valence-electron chi connectivity index (χ4n) is 4.89. The Morgan fingerprint density at radius 2 is 1.81 bits per heavy atom. The van der Waals surface area contributed by atoms with Crippen LogP contribution in [0.5, 0.6) is 0 Å². The van der Waals surface area contributed by atoms with Crippen molar-refractivity contribution in [1.29, 1.82) is 0 Å². The Morgan fingerprint density at radius 1 is 1.00 bits per heavy atom. The smallest absolute Gasteiger partial charge is 0.227 e. The summed E-state index contributed by atoms with van der Waals surface area (Å²) in [7, 11) is 0. The highest BCUT2D eigenvalue weighted by Gasteiger charge is 2.32. The minimum absolute atomic E-state index is 0.220. The summed E-state index contributed by atoms with van der Waals surface area (Å²) in [6, 6.07) is 16.5. The van der Waals surface area contributed by atoms with E-state index < -0.39 is 0 Å². The number of fused-ring (bicyclic) bond motifs is 1. The first-order chi connectivity index (χ1) is 15.2. The molecular formula is C25H28ClN3O2. The van der Waals surface area contributed by atoms with E-state index in [4.69, 9.17) is 16.0 Å². The molecule has 0 saturated carbocycles. The zero-order valence-electron chi connectivity index (χ0n) is 17.7. The van der Waals surface area contributed by atoms with E-state index in [2.05, 4.69) is 21.9 Å². The van der Waals surface area contributed by atoms with Crippen LogP contribution in [-0.4, -0.2) is 65.9 Å². The van der Waals surface area contributed by atoms with Crippen molar-refractivity contribution in [2.75, 3.05) is 39.3 Å². The molecule has 5 nitrogen and oxygen atoms in total. The summed E-state index contributed by atoms with van der Waals surface area (Å²) in [6.45, 7) is 6.93. The first-order valence-corrected chi connectivity index (χ1v) is 11.5. The fraction of sp³-hybridized carbons (Fsp3) is 0.400. The van der Waals surface area contributed by atoms with Gasteiger partial charge in [-0.25, -0.2) is 0 Å². The maximum absolute atomic E-state index is 12.9. The second-order valence-corrected chi connectivity index (χ2v) is 9.08. The van der Waals surface area contributed by atoms with E-state index in [1.807, 2.05) is 41.3 Å². The van der Waals surface area contributed by atoms with Crippen LogP contribution in [0.25, 0.3) is 11.0 Å². The minimum Gasteiger partial charge on any atom is -0.464 e. The number of rotatable bonds is 5. The van der Waals surface area contributed by atoms with Gasteiger partial charge in [-0.1, -0.05) is 35.9 Å². The van der Waals surface area contributed by atoms with Crippen LogP contribution >= 0.6 is 11.6 Å². The molecule has 2 fully saturated rings. The van der Waals surface area contributed by atoms with Gasteiger partial charge >= 0.3 is 0 Å². The molecule has 2 aliphatic heterocycles. The van der Waals surface area contributed by atoms with E-state index >= 15 is 0 Å². The lowest BCUT2D eigenvalue weighted by Gasteiger charge is -2.38. The monoisotopic (exact) mass is 437 g/mol. The van der Waals surface area contributed by atoms with Crippen molar-refractivity contribution in [1.82, 2.24) is 14.7 Å². The first kappa shape index (κ1) is 20.6. The summed E-state index contributed by atoms with van der Waals surface area (Å²) in [4.78, 5) is 20.1. The number of hydrogen-bond acceptors (Lipinski definition) is 4. The van der Waals surface area contributed by atoms with Crippen LogP contribution in [0.4, 0.5) is 0 Å². The highest BCUT2D eigenvalue weighted by atomic mass is 35.5. The topological polar surface area (TPSA) is 39.9 Å². The molecule has 1 atom stereocenters. The summed E-state index contributed by atoms with van der Waals surface area (Å²) >= 11 is 5.99. The number of carbonyl (C=O) groups is 1. The van der Waals surface area contributed by atoms with Crippen LogP contribution in [0.2, 0.25) is 5.02 Å². The van der Waals surface area contributed by atoms with E-state index in [9.17, 15) is 4.79 Å². The number of benzene rings is 2. The van der Waals surface area contributed by atoms with Gasteiger partial charge in [0.1, 0.15) is 5.58 Å². The normalized spacial score (nSPS) is 20.5. The molecule has 0 N–H and O–H groups in total. The molecule has 0 aliphatic carbocycles. The Hall–Kier alpha value is -2.34. The number of nitrogens with zero attached hydrogens (tertiary/aromatic N) is 3. The number of hydrogen-bond donors (Lipinski definition) is 0. The fourth-order valence-corrected chi connectivity index (χ4v) is 5.01. The highest BCUT2D eigenvalue weighted by Crippen LogP contribution is 2.23. The molecule has 0 radical (unpaired) electrons. The Kier molecular flexibility index (Phi) is 5.99. The van der Waals surface area contributed by atoms with Gasteiger partial charge in [-0.2, -0.15) is 0 Å². The van der Waals surface area contributed by atoms with Gasteiger partial charge in [0.05, 0.1) is 12.7 Å². The first-order valence-electron chi connectivity index (χ1n) is 11.1. The lowest BCUT2D eigenvalue weighted by atomic mass is 10.1. The van der Waals surface area contributed by atoms with E-state index in [1.54, 1.807) is 6.26 Å². The molecule has 2 aliphatic rings. The molecule has 1 amide bonds. The van der Waals surface area contributed by atoms with E-state index in [0.29, 0.717) is 12.5 Å². The number of amides is 1. The predicted octanol–water partition coefficient (Wildman–Crippen LogP) is 4.05. The Balaban J connectivity index is 1.12. The molecule has 6 heteroatoms. The lowest BCUT2D eigenvalue weighted by molar-refractivity contribution is -0.129. The molecule has 5 rings (SSSR count). The summed E-state index contributed by atoms with van der Waals surface area (Å²) in [5.74, 6) is 0.220. The quantitative estimate of drug-likeness (QED) is 0.603. The van der Waals surface area contributed by atoms with Crippen LogP contribution in [0.15, 0.2) is 59.2 Å². The van der Waals surface area contributed by atoms with Crippen molar-refractivity contribution in [2.45, 2.75) is 25.4 Å². The van der Waals surface area contributed by atoms with Crippen molar-refractivity contribution in [3.63, 3.8) is 0 Å². The molecular weight excluding hydrogens is 410 g/mol. The van der Waals surface area contributed by atoms with Gasteiger partial charge in [-0.15, -0.1) is 0 Å². The number of piperazine rings is 1. The van der Waals surface area contributed by atoms with Crippen molar-refractivity contribution in [2.24, 2.45) is 0 Å². The maximum Gasteiger partial charge on any atom is 0.227 e. The number of likely N-dealkylation sites (tertiary alicyclic amines) is 1. The molecule has 3 aromatic rings. The SMILES string of the molecule is O=C(Cc1cccc2occc12)N1CC[C@@H](N2CCN(Cc3ccc(Cl)cc3)CC2)C1. The van der Waals surface area contributed by atoms with E-state index in [0.717, 1.165) is 73.8 Å². The molecule has 3 heterocycles. The van der Waals surface area contributed by atoms with Gasteiger partial charge in [-0.3, -0.25) is 14.6 Å². The van der Waals surface area contributed by atoms with Crippen LogP contribution < -0.4 is 0 Å². The molecule has 2 saturated heterocycles. The van der Waals surface area contributed by atoms with Crippen molar-refractivity contribution >= 4 is 28.5 Å². The van der Waals surface area contributed by atoms with Crippen molar-refractivity contribution in [3.8, 4) is 0 Å². The Morgan fingerprint density at radius 3 is 2.61 bits per heavy atom. The third-order valence-corrected chi connectivity index (χ3v) is 6.94. The molecule has 0 unspecified atom stereocenters. The summed E-state index contributed by atoms with van der Waals surface area (Å²) < 4.78 is 5.47. The number of furan rings is 1. The summed E-state index contributed by atoms with van der Waals surface area (Å²) in [5.41, 5.74) is 3.21. The molecule has 31 heavy (non-hydrogen) atoms. The zero-order valence-corrected chi connectivity index (χ0v) is 18.4. The van der Waals surface area contributed by atoms with Crippen LogP contribution in [-0.2, 0) is 17.8 Å². The summed E-state index contributed by atoms with van der Waals surface area (Å²) in [5, 5.41) is 1.83. The molecule has 1 aromatic heterocycles. The minimum atomic E-state index is 0.220. The van der Waals surface area contributed by atoms with Gasteiger partial charge in [0.2, 0.25) is 5.91 Å². The van der Waals surface area contributed by atoms with E-state index in [1.165, 1.54) is 5.56 Å². The molecule has 162 valence electrons. The zero-order chi connectivity index (χ0) is 21.2. The average Bonchev–Trinajstić information content (AvgIpc) is 3.46. The standard InChI is InChI=1S/C25H28ClN3O2/c26-21-6-4-19(5-7-21)17-27-11-13-28(14-12-27)22-8-10-29(18-22)25(30)16-20-2-1-3-24-23(20)9-15-31-24/h1-7,9,15,22H,8,10-14,16-18H2/t22-/m1/s1. The Bertz CT molecular complexity index is 1040. The van der Waals surface area contributed by atoms with Crippen molar-refractivity contribution < 1.29 is 9.21 Å². The second kappa shape index (κ2) is 9.03. The molecule has 0 bridgehead atoms. The van der Waals surface area contributed by atoms with Crippen molar-refractivity contribution in [3.05, 3.63) is 70.9 Å². The van der Waals surface area contributed by atoms with Crippen LogP contribution in [0, 0.1) is 0 Å². The molecule has 2 aromatic carbocycles.